The molecule has 0 aliphatic heterocycles. The number of hydrogen-bond donors (Lipinski definition) is 1. The van der Waals surface area contributed by atoms with Crippen LogP contribution in [0.3, 0.4) is 0 Å². The first-order valence-electron chi connectivity index (χ1n) is 4.89. The van der Waals surface area contributed by atoms with Crippen LogP contribution in [0.1, 0.15) is 16.1 Å². The van der Waals surface area contributed by atoms with E-state index in [2.05, 4.69) is 14.7 Å². The third-order valence-electron chi connectivity index (χ3n) is 2.25. The number of aromatic nitrogens is 2. The maximum absolute atomic E-state index is 11.5. The number of ether oxygens (including phenoxy) is 1. The Morgan fingerprint density at radius 1 is 1.47 bits per heavy atom. The molecule has 0 amide bonds. The van der Waals surface area contributed by atoms with Gasteiger partial charge < -0.3 is 10.5 Å². The summed E-state index contributed by atoms with van der Waals surface area (Å²) in [6.07, 6.45) is 0. The molecule has 2 rings (SSSR count). The monoisotopic (exact) mass is 249 g/mol. The molecule has 2 heterocycles. The van der Waals surface area contributed by atoms with E-state index in [9.17, 15) is 4.79 Å². The minimum Gasteiger partial charge on any atom is -0.465 e. The normalized spacial score (nSPS) is 10.2. The van der Waals surface area contributed by atoms with Crippen LogP contribution < -0.4 is 5.73 Å². The topological polar surface area (TPSA) is 78.1 Å². The zero-order chi connectivity index (χ0) is 12.4. The summed E-state index contributed by atoms with van der Waals surface area (Å²) in [5, 5.41) is 1.93. The Balaban J connectivity index is 2.53. The summed E-state index contributed by atoms with van der Waals surface area (Å²) in [6, 6.07) is 3.81. The highest BCUT2D eigenvalue weighted by molar-refractivity contribution is 7.13. The van der Waals surface area contributed by atoms with Gasteiger partial charge in [-0.3, -0.25) is 0 Å². The number of hydrogen-bond acceptors (Lipinski definition) is 6. The molecule has 0 saturated carbocycles. The van der Waals surface area contributed by atoms with Crippen LogP contribution in [0.5, 0.6) is 0 Å². The Bertz CT molecular complexity index is 529. The number of thiophene rings is 1. The first-order chi connectivity index (χ1) is 8.13. The van der Waals surface area contributed by atoms with Gasteiger partial charge in [0.15, 0.2) is 5.82 Å². The number of nitrogens with two attached hydrogens (primary N) is 1. The summed E-state index contributed by atoms with van der Waals surface area (Å²) in [5.74, 6) is 0.160. The largest absolute Gasteiger partial charge is 0.465 e. The average Bonchev–Trinajstić information content (AvgIpc) is 2.81. The number of nitrogens with zero attached hydrogens (tertiary/aromatic N) is 2. The van der Waals surface area contributed by atoms with Crippen molar-refractivity contribution in [2.75, 3.05) is 12.8 Å². The van der Waals surface area contributed by atoms with E-state index in [1.54, 1.807) is 6.92 Å². The van der Waals surface area contributed by atoms with Crippen LogP contribution in [0.25, 0.3) is 10.7 Å². The maximum atomic E-state index is 11.5. The molecule has 0 aliphatic carbocycles. The molecule has 0 spiro atoms. The highest BCUT2D eigenvalue weighted by Gasteiger charge is 2.18. The quantitative estimate of drug-likeness (QED) is 0.822. The van der Waals surface area contributed by atoms with E-state index < -0.39 is 5.97 Å². The van der Waals surface area contributed by atoms with E-state index in [1.807, 2.05) is 17.5 Å². The Kier molecular flexibility index (Phi) is 3.06. The number of rotatable bonds is 2. The van der Waals surface area contributed by atoms with Crippen molar-refractivity contribution >= 4 is 23.1 Å². The van der Waals surface area contributed by atoms with Crippen molar-refractivity contribution in [3.8, 4) is 10.7 Å². The Morgan fingerprint density at radius 3 is 2.76 bits per heavy atom. The van der Waals surface area contributed by atoms with Crippen molar-refractivity contribution in [3.63, 3.8) is 0 Å². The second kappa shape index (κ2) is 4.50. The Labute approximate surface area is 102 Å². The van der Waals surface area contributed by atoms with Gasteiger partial charge in [-0.2, -0.15) is 0 Å². The van der Waals surface area contributed by atoms with Crippen molar-refractivity contribution in [2.24, 2.45) is 0 Å². The molecule has 2 aromatic heterocycles. The summed E-state index contributed by atoms with van der Waals surface area (Å²) in [5.41, 5.74) is 6.51. The van der Waals surface area contributed by atoms with Gasteiger partial charge in [0.2, 0.25) is 0 Å². The van der Waals surface area contributed by atoms with Gasteiger partial charge >= 0.3 is 5.97 Å². The lowest BCUT2D eigenvalue weighted by Crippen LogP contribution is -2.12. The van der Waals surface area contributed by atoms with E-state index in [0.717, 1.165) is 4.88 Å². The van der Waals surface area contributed by atoms with E-state index in [1.165, 1.54) is 18.4 Å². The summed E-state index contributed by atoms with van der Waals surface area (Å²) in [6.45, 7) is 1.71. The van der Waals surface area contributed by atoms with Gasteiger partial charge in [0.25, 0.3) is 0 Å². The molecule has 0 saturated heterocycles. The number of methoxy groups -OCH3 is 1. The minimum absolute atomic E-state index is 0.146. The van der Waals surface area contributed by atoms with E-state index in [0.29, 0.717) is 11.5 Å². The standard InChI is InChI=1S/C11H11N3O2S/c1-6-8(11(15)16-2)9(12)14-10(13-6)7-4-3-5-17-7/h3-5H,1-2H3,(H2,12,13,14). The van der Waals surface area contributed by atoms with Crippen LogP contribution in [0.2, 0.25) is 0 Å². The van der Waals surface area contributed by atoms with Crippen LogP contribution >= 0.6 is 11.3 Å². The molecule has 5 nitrogen and oxygen atoms in total. The lowest BCUT2D eigenvalue weighted by atomic mass is 10.2. The summed E-state index contributed by atoms with van der Waals surface area (Å²) in [7, 11) is 1.30. The highest BCUT2D eigenvalue weighted by Crippen LogP contribution is 2.24. The number of esters is 1. The average molecular weight is 249 g/mol. The van der Waals surface area contributed by atoms with Crippen molar-refractivity contribution in [1.29, 1.82) is 0 Å². The molecule has 0 aromatic carbocycles. The molecule has 17 heavy (non-hydrogen) atoms. The molecule has 0 unspecified atom stereocenters. The van der Waals surface area contributed by atoms with E-state index in [-0.39, 0.29) is 11.4 Å². The van der Waals surface area contributed by atoms with Crippen LogP contribution in [0.4, 0.5) is 5.82 Å². The fourth-order valence-electron chi connectivity index (χ4n) is 1.47. The van der Waals surface area contributed by atoms with Gasteiger partial charge in [0.05, 0.1) is 17.7 Å². The molecule has 0 bridgehead atoms. The van der Waals surface area contributed by atoms with Gasteiger partial charge in [-0.1, -0.05) is 6.07 Å². The predicted molar refractivity (Wildman–Crippen MR) is 65.8 cm³/mol. The zero-order valence-electron chi connectivity index (χ0n) is 9.43. The number of aryl methyl sites for hydroxylation is 1. The van der Waals surface area contributed by atoms with Crippen LogP contribution in [-0.2, 0) is 4.74 Å². The number of carbonyl (C=O) groups is 1. The molecule has 0 aliphatic rings. The molecule has 0 fully saturated rings. The molecule has 0 atom stereocenters. The van der Waals surface area contributed by atoms with Gasteiger partial charge in [0.1, 0.15) is 11.4 Å². The Hall–Kier alpha value is -1.95. The summed E-state index contributed by atoms with van der Waals surface area (Å²) >= 11 is 1.52. The number of anilines is 1. The van der Waals surface area contributed by atoms with Crippen molar-refractivity contribution in [1.82, 2.24) is 9.97 Å². The number of nitrogen functional groups attached to an aromatic ring is 1. The minimum atomic E-state index is -0.516. The van der Waals surface area contributed by atoms with E-state index >= 15 is 0 Å². The summed E-state index contributed by atoms with van der Waals surface area (Å²) < 4.78 is 4.63. The van der Waals surface area contributed by atoms with Gasteiger partial charge in [-0.05, 0) is 18.4 Å². The first kappa shape index (κ1) is 11.5. The SMILES string of the molecule is COC(=O)c1c(C)nc(-c2cccs2)nc1N. The fourth-order valence-corrected chi connectivity index (χ4v) is 2.12. The molecule has 0 radical (unpaired) electrons. The number of carbonyl (C=O) groups excluding carboxylic acids is 1. The lowest BCUT2D eigenvalue weighted by Gasteiger charge is -2.07. The van der Waals surface area contributed by atoms with Crippen LogP contribution in [-0.4, -0.2) is 23.0 Å². The van der Waals surface area contributed by atoms with Crippen molar-refractivity contribution in [3.05, 3.63) is 28.8 Å². The van der Waals surface area contributed by atoms with Gasteiger partial charge in [-0.15, -0.1) is 11.3 Å². The zero-order valence-corrected chi connectivity index (χ0v) is 10.2. The van der Waals surface area contributed by atoms with E-state index in [4.69, 9.17) is 5.73 Å². The second-order valence-corrected chi connectivity index (χ2v) is 4.31. The molecule has 88 valence electrons. The maximum Gasteiger partial charge on any atom is 0.343 e. The van der Waals surface area contributed by atoms with Crippen molar-refractivity contribution in [2.45, 2.75) is 6.92 Å². The van der Waals surface area contributed by atoms with Gasteiger partial charge in [0, 0.05) is 0 Å². The second-order valence-electron chi connectivity index (χ2n) is 3.36. The summed E-state index contributed by atoms with van der Waals surface area (Å²) in [4.78, 5) is 20.8. The molecule has 6 heteroatoms. The third kappa shape index (κ3) is 2.12. The van der Waals surface area contributed by atoms with Crippen LogP contribution in [0, 0.1) is 6.92 Å². The Morgan fingerprint density at radius 2 is 2.24 bits per heavy atom. The molecular weight excluding hydrogens is 238 g/mol. The molecule has 2 N–H and O–H groups in total. The third-order valence-corrected chi connectivity index (χ3v) is 3.11. The molecule has 2 aromatic rings. The van der Waals surface area contributed by atoms with Crippen molar-refractivity contribution < 1.29 is 9.53 Å². The lowest BCUT2D eigenvalue weighted by molar-refractivity contribution is 0.0600. The first-order valence-corrected chi connectivity index (χ1v) is 5.77. The van der Waals surface area contributed by atoms with Crippen LogP contribution in [0.15, 0.2) is 17.5 Å². The highest BCUT2D eigenvalue weighted by atomic mass is 32.1. The fraction of sp³-hybridized carbons (Fsp3) is 0.182. The molecular formula is C11H11N3O2S. The predicted octanol–water partition coefficient (Wildman–Crippen LogP) is 1.88. The smallest absolute Gasteiger partial charge is 0.343 e. The van der Waals surface area contributed by atoms with Gasteiger partial charge in [-0.25, -0.2) is 14.8 Å².